The second-order valence-electron chi connectivity index (χ2n) is 1.89. The van der Waals surface area contributed by atoms with Crippen molar-refractivity contribution in [2.75, 3.05) is 0 Å². The predicted molar refractivity (Wildman–Crippen MR) is 31.9 cm³/mol. The van der Waals surface area contributed by atoms with Crippen LogP contribution in [-0.2, 0) is 0 Å². The highest BCUT2D eigenvalue weighted by Gasteiger charge is 2.22. The van der Waals surface area contributed by atoms with E-state index in [-0.39, 0.29) is 0 Å². The van der Waals surface area contributed by atoms with Crippen LogP contribution in [0.3, 0.4) is 0 Å². The topological polar surface area (TPSA) is 40.5 Å². The Morgan fingerprint density at radius 1 is 1.62 bits per heavy atom. The summed E-state index contributed by atoms with van der Waals surface area (Å²) in [5.74, 6) is -2.25. The third-order valence-corrected chi connectivity index (χ3v) is 1.03. The lowest BCUT2D eigenvalue weighted by atomic mass is 10.0. The highest BCUT2D eigenvalue weighted by molar-refractivity contribution is 4.90. The molecule has 2 N–H and O–H groups in total. The van der Waals surface area contributed by atoms with Crippen LogP contribution in [0.25, 0.3) is 0 Å². The van der Waals surface area contributed by atoms with E-state index in [1.807, 2.05) is 0 Å². The van der Waals surface area contributed by atoms with Gasteiger partial charge in [-0.25, -0.2) is 0 Å². The van der Waals surface area contributed by atoms with E-state index in [1.54, 1.807) is 6.92 Å². The molecule has 8 heavy (non-hydrogen) atoms. The molecular formula is C6H11O2. The van der Waals surface area contributed by atoms with Crippen LogP contribution in [0.2, 0.25) is 0 Å². The Hall–Kier alpha value is -0.340. The fourth-order valence-corrected chi connectivity index (χ4v) is 0.201. The van der Waals surface area contributed by atoms with Crippen molar-refractivity contribution < 1.29 is 10.2 Å². The molecule has 0 saturated heterocycles. The summed E-state index contributed by atoms with van der Waals surface area (Å²) in [6.45, 7) is 8.22. The van der Waals surface area contributed by atoms with Crippen molar-refractivity contribution in [3.63, 3.8) is 0 Å². The van der Waals surface area contributed by atoms with E-state index in [4.69, 9.17) is 10.2 Å². The number of hydrogen-bond acceptors (Lipinski definition) is 2. The minimum Gasteiger partial charge on any atom is -0.362 e. The van der Waals surface area contributed by atoms with Crippen LogP contribution < -0.4 is 0 Å². The van der Waals surface area contributed by atoms with Crippen LogP contribution in [0.15, 0.2) is 12.7 Å². The fraction of sp³-hybridized carbons (Fsp3) is 0.500. The van der Waals surface area contributed by atoms with Crippen molar-refractivity contribution >= 4 is 0 Å². The van der Waals surface area contributed by atoms with Crippen molar-refractivity contribution in [2.45, 2.75) is 12.7 Å². The maximum absolute atomic E-state index is 8.78. The van der Waals surface area contributed by atoms with E-state index in [0.29, 0.717) is 0 Å². The maximum Gasteiger partial charge on any atom is 0.184 e. The second kappa shape index (κ2) is 2.29. The summed E-state index contributed by atoms with van der Waals surface area (Å²) in [7, 11) is 0. The smallest absolute Gasteiger partial charge is 0.184 e. The maximum atomic E-state index is 8.78. The van der Waals surface area contributed by atoms with Gasteiger partial charge in [-0.3, -0.25) is 0 Å². The highest BCUT2D eigenvalue weighted by atomic mass is 16.5. The third kappa shape index (κ3) is 1.64. The molecular weight excluding hydrogens is 104 g/mol. The average molecular weight is 115 g/mol. The lowest BCUT2D eigenvalue weighted by molar-refractivity contribution is -0.143. The average Bonchev–Trinajstić information content (AvgIpc) is 1.67. The van der Waals surface area contributed by atoms with Crippen molar-refractivity contribution in [1.82, 2.24) is 0 Å². The molecule has 0 fully saturated rings. The van der Waals surface area contributed by atoms with E-state index in [9.17, 15) is 0 Å². The van der Waals surface area contributed by atoms with E-state index in [1.165, 1.54) is 0 Å². The molecule has 1 radical (unpaired) electrons. The Bertz CT molecular complexity index is 84.5. The Morgan fingerprint density at radius 2 is 2.00 bits per heavy atom. The summed E-state index contributed by atoms with van der Waals surface area (Å²) >= 11 is 0. The molecule has 0 saturated carbocycles. The molecule has 47 valence electrons. The Balaban J connectivity index is 3.90. The van der Waals surface area contributed by atoms with Gasteiger partial charge in [0.2, 0.25) is 0 Å². The van der Waals surface area contributed by atoms with E-state index >= 15 is 0 Å². The predicted octanol–water partition coefficient (Wildman–Crippen LogP) is 0.323. The van der Waals surface area contributed by atoms with Gasteiger partial charge in [-0.2, -0.15) is 0 Å². The molecule has 0 aliphatic heterocycles. The minimum absolute atomic E-state index is 0.444. The van der Waals surface area contributed by atoms with Gasteiger partial charge in [0.1, 0.15) is 0 Å². The van der Waals surface area contributed by atoms with Crippen LogP contribution in [0.5, 0.6) is 0 Å². The van der Waals surface area contributed by atoms with E-state index in [2.05, 4.69) is 13.5 Å². The summed E-state index contributed by atoms with van der Waals surface area (Å²) in [6, 6.07) is 0. The summed E-state index contributed by atoms with van der Waals surface area (Å²) in [4.78, 5) is 0. The zero-order valence-electron chi connectivity index (χ0n) is 4.96. The van der Waals surface area contributed by atoms with Crippen molar-refractivity contribution in [1.29, 1.82) is 0 Å². The first-order valence-electron chi connectivity index (χ1n) is 2.42. The molecule has 0 heterocycles. The summed E-state index contributed by atoms with van der Waals surface area (Å²) in [6.07, 6.45) is 1.06. The molecule has 0 aromatic rings. The lowest BCUT2D eigenvalue weighted by Crippen LogP contribution is -2.31. The molecule has 0 bridgehead atoms. The van der Waals surface area contributed by atoms with Gasteiger partial charge in [0.25, 0.3) is 0 Å². The Morgan fingerprint density at radius 3 is 2.00 bits per heavy atom. The molecule has 0 aliphatic rings. The second-order valence-corrected chi connectivity index (χ2v) is 1.89. The molecule has 2 nitrogen and oxygen atoms in total. The van der Waals surface area contributed by atoms with Crippen molar-refractivity contribution in [2.24, 2.45) is 5.92 Å². The van der Waals surface area contributed by atoms with Crippen LogP contribution in [-0.4, -0.2) is 16.0 Å². The molecule has 0 aliphatic carbocycles. The van der Waals surface area contributed by atoms with Gasteiger partial charge in [0.05, 0.1) is 0 Å². The third-order valence-electron chi connectivity index (χ3n) is 1.03. The molecule has 0 spiro atoms. The van der Waals surface area contributed by atoms with Crippen LogP contribution >= 0.6 is 0 Å². The zero-order chi connectivity index (χ0) is 6.78. The summed E-state index contributed by atoms with van der Waals surface area (Å²) < 4.78 is 0. The first-order chi connectivity index (χ1) is 3.50. The zero-order valence-corrected chi connectivity index (χ0v) is 4.96. The van der Waals surface area contributed by atoms with Gasteiger partial charge in [0, 0.05) is 5.92 Å². The normalized spacial score (nSPS) is 12.1. The molecule has 1 atom stereocenters. The largest absolute Gasteiger partial charge is 0.362 e. The van der Waals surface area contributed by atoms with Crippen molar-refractivity contribution in [3.8, 4) is 0 Å². The first kappa shape index (κ1) is 7.66. The standard InChI is InChI=1S/C6H11O2/c1-4-6(7,8)5(2)3/h4-5,7-8H,1-2H2,3H3. The minimum atomic E-state index is -1.81. The summed E-state index contributed by atoms with van der Waals surface area (Å²) in [5.41, 5.74) is 0. The number of aliphatic hydroxyl groups is 2. The Labute approximate surface area is 49.5 Å². The highest BCUT2D eigenvalue weighted by Crippen LogP contribution is 2.12. The molecule has 2 heteroatoms. The number of rotatable bonds is 2. The van der Waals surface area contributed by atoms with Gasteiger partial charge < -0.3 is 10.2 Å². The molecule has 0 aromatic heterocycles. The van der Waals surface area contributed by atoms with E-state index < -0.39 is 11.7 Å². The quantitative estimate of drug-likeness (QED) is 0.402. The number of hydrogen-bond donors (Lipinski definition) is 2. The van der Waals surface area contributed by atoms with Gasteiger partial charge in [-0.15, -0.1) is 0 Å². The SMILES string of the molecule is [CH2]C(C)C(O)(O)C=C. The van der Waals surface area contributed by atoms with E-state index in [0.717, 1.165) is 6.08 Å². The van der Waals surface area contributed by atoms with Gasteiger partial charge >= 0.3 is 0 Å². The van der Waals surface area contributed by atoms with Gasteiger partial charge in [-0.05, 0) is 13.0 Å². The van der Waals surface area contributed by atoms with Crippen LogP contribution in [0.4, 0.5) is 0 Å². The molecule has 0 rings (SSSR count). The molecule has 1 unspecified atom stereocenters. The lowest BCUT2D eigenvalue weighted by Gasteiger charge is -2.20. The fourth-order valence-electron chi connectivity index (χ4n) is 0.201. The van der Waals surface area contributed by atoms with Gasteiger partial charge in [0.15, 0.2) is 5.79 Å². The molecule has 0 aromatic carbocycles. The van der Waals surface area contributed by atoms with Crippen LogP contribution in [0, 0.1) is 12.8 Å². The molecule has 0 amide bonds. The van der Waals surface area contributed by atoms with Gasteiger partial charge in [-0.1, -0.05) is 13.5 Å². The van der Waals surface area contributed by atoms with Crippen LogP contribution in [0.1, 0.15) is 6.92 Å². The summed E-state index contributed by atoms with van der Waals surface area (Å²) in [5, 5.41) is 17.6. The Kier molecular flexibility index (Phi) is 2.19. The first-order valence-corrected chi connectivity index (χ1v) is 2.42. The van der Waals surface area contributed by atoms with Crippen molar-refractivity contribution in [3.05, 3.63) is 19.6 Å². The monoisotopic (exact) mass is 115 g/mol.